The molecule has 1 atom stereocenters. The zero-order chi connectivity index (χ0) is 18.9. The Kier molecular flexibility index (Phi) is 5.30. The first-order valence-corrected chi connectivity index (χ1v) is 9.81. The number of aromatic nitrogens is 5. The number of nitrogens with zero attached hydrogens (tertiary/aromatic N) is 6. The van der Waals surface area contributed by atoms with Crippen molar-refractivity contribution >= 4 is 5.82 Å². The summed E-state index contributed by atoms with van der Waals surface area (Å²) in [5.74, 6) is 3.82. The van der Waals surface area contributed by atoms with Crippen LogP contribution in [-0.4, -0.2) is 37.8 Å². The predicted molar refractivity (Wildman–Crippen MR) is 105 cm³/mol. The van der Waals surface area contributed by atoms with E-state index in [2.05, 4.69) is 67.3 Å². The molecular weight excluding hydrogens is 324 g/mol. The van der Waals surface area contributed by atoms with Crippen molar-refractivity contribution in [1.29, 1.82) is 0 Å². The summed E-state index contributed by atoms with van der Waals surface area (Å²) in [6, 6.07) is 2.18. The number of hydrogen-bond donors (Lipinski definition) is 0. The number of rotatable bonds is 4. The standard InChI is InChI=1S/C20H32N6/c1-7-25-13-21-24-19(25)15-9-8-10-26(12-15)17-11-16(20(4,5)6)22-18(23-17)14(2)3/h11,13-15H,7-10,12H2,1-6H3. The maximum Gasteiger partial charge on any atom is 0.137 e. The number of aryl methyl sites for hydroxylation is 1. The van der Waals surface area contributed by atoms with E-state index >= 15 is 0 Å². The smallest absolute Gasteiger partial charge is 0.137 e. The molecule has 0 bridgehead atoms. The van der Waals surface area contributed by atoms with Gasteiger partial charge in [0.25, 0.3) is 0 Å². The van der Waals surface area contributed by atoms with Gasteiger partial charge in [0, 0.05) is 43.0 Å². The summed E-state index contributed by atoms with van der Waals surface area (Å²) in [6.45, 7) is 16.0. The fraction of sp³-hybridized carbons (Fsp3) is 0.700. The summed E-state index contributed by atoms with van der Waals surface area (Å²) in [5, 5.41) is 8.51. The maximum atomic E-state index is 4.90. The summed E-state index contributed by atoms with van der Waals surface area (Å²) in [6.07, 6.45) is 4.14. The van der Waals surface area contributed by atoms with Crippen LogP contribution < -0.4 is 4.90 Å². The summed E-state index contributed by atoms with van der Waals surface area (Å²) in [7, 11) is 0. The van der Waals surface area contributed by atoms with Crippen LogP contribution in [-0.2, 0) is 12.0 Å². The minimum Gasteiger partial charge on any atom is -0.356 e. The highest BCUT2D eigenvalue weighted by Crippen LogP contribution is 2.31. The Morgan fingerprint density at radius 3 is 2.65 bits per heavy atom. The van der Waals surface area contributed by atoms with E-state index in [1.165, 1.54) is 0 Å². The molecule has 0 amide bonds. The van der Waals surface area contributed by atoms with Gasteiger partial charge in [-0.1, -0.05) is 34.6 Å². The molecule has 6 nitrogen and oxygen atoms in total. The molecule has 0 spiro atoms. The first kappa shape index (κ1) is 18.8. The van der Waals surface area contributed by atoms with Crippen LogP contribution in [0, 0.1) is 0 Å². The molecule has 142 valence electrons. The van der Waals surface area contributed by atoms with Gasteiger partial charge in [0.05, 0.1) is 5.69 Å². The molecule has 0 saturated carbocycles. The Bertz CT molecular complexity index is 743. The topological polar surface area (TPSA) is 59.7 Å². The second kappa shape index (κ2) is 7.33. The number of anilines is 1. The molecule has 26 heavy (non-hydrogen) atoms. The van der Waals surface area contributed by atoms with Gasteiger partial charge in [-0.3, -0.25) is 0 Å². The SMILES string of the molecule is CCn1cnnc1C1CCCN(c2cc(C(C)(C)C)nc(C(C)C)n2)C1. The fourth-order valence-electron chi connectivity index (χ4n) is 3.48. The third-order valence-electron chi connectivity index (χ3n) is 5.11. The van der Waals surface area contributed by atoms with Crippen molar-refractivity contribution < 1.29 is 0 Å². The fourth-order valence-corrected chi connectivity index (χ4v) is 3.48. The van der Waals surface area contributed by atoms with E-state index in [1.54, 1.807) is 0 Å². The first-order chi connectivity index (χ1) is 12.3. The molecule has 3 heterocycles. The summed E-state index contributed by atoms with van der Waals surface area (Å²) in [5.41, 5.74) is 1.13. The highest BCUT2D eigenvalue weighted by atomic mass is 15.3. The van der Waals surface area contributed by atoms with Crippen molar-refractivity contribution in [2.45, 2.75) is 78.2 Å². The van der Waals surface area contributed by atoms with Gasteiger partial charge in [-0.25, -0.2) is 9.97 Å². The molecule has 1 aliphatic rings. The summed E-state index contributed by atoms with van der Waals surface area (Å²) >= 11 is 0. The van der Waals surface area contributed by atoms with Crippen molar-refractivity contribution in [2.24, 2.45) is 0 Å². The lowest BCUT2D eigenvalue weighted by Gasteiger charge is -2.34. The van der Waals surface area contributed by atoms with E-state index in [-0.39, 0.29) is 5.41 Å². The van der Waals surface area contributed by atoms with E-state index in [0.717, 1.165) is 55.6 Å². The van der Waals surface area contributed by atoms with Crippen LogP contribution >= 0.6 is 0 Å². The molecule has 2 aromatic rings. The second-order valence-corrected chi connectivity index (χ2v) is 8.63. The van der Waals surface area contributed by atoms with Gasteiger partial charge in [-0.2, -0.15) is 0 Å². The Labute approximate surface area is 157 Å². The number of hydrogen-bond acceptors (Lipinski definition) is 5. The lowest BCUT2D eigenvalue weighted by atomic mass is 9.91. The van der Waals surface area contributed by atoms with E-state index in [0.29, 0.717) is 11.8 Å². The average molecular weight is 357 g/mol. The molecule has 2 aromatic heterocycles. The van der Waals surface area contributed by atoms with E-state index < -0.39 is 0 Å². The Hall–Kier alpha value is -1.98. The van der Waals surface area contributed by atoms with Crippen LogP contribution in [0.25, 0.3) is 0 Å². The third kappa shape index (κ3) is 3.89. The average Bonchev–Trinajstić information content (AvgIpc) is 3.09. The third-order valence-corrected chi connectivity index (χ3v) is 5.11. The molecule has 0 N–H and O–H groups in total. The molecule has 1 unspecified atom stereocenters. The van der Waals surface area contributed by atoms with Gasteiger partial charge >= 0.3 is 0 Å². The van der Waals surface area contributed by atoms with Crippen LogP contribution in [0.1, 0.15) is 83.6 Å². The highest BCUT2D eigenvalue weighted by Gasteiger charge is 2.27. The second-order valence-electron chi connectivity index (χ2n) is 8.63. The van der Waals surface area contributed by atoms with Gasteiger partial charge in [-0.15, -0.1) is 10.2 Å². The Morgan fingerprint density at radius 2 is 2.00 bits per heavy atom. The lowest BCUT2D eigenvalue weighted by Crippen LogP contribution is -2.36. The largest absolute Gasteiger partial charge is 0.356 e. The van der Waals surface area contributed by atoms with Crippen molar-refractivity contribution in [3.8, 4) is 0 Å². The quantitative estimate of drug-likeness (QED) is 0.832. The van der Waals surface area contributed by atoms with Crippen LogP contribution in [0.2, 0.25) is 0 Å². The van der Waals surface area contributed by atoms with Crippen LogP contribution in [0.5, 0.6) is 0 Å². The number of piperidine rings is 1. The zero-order valence-corrected chi connectivity index (χ0v) is 17.0. The van der Waals surface area contributed by atoms with Crippen molar-refractivity contribution in [2.75, 3.05) is 18.0 Å². The molecule has 1 fully saturated rings. The minimum absolute atomic E-state index is 0.0128. The normalized spacial score (nSPS) is 18.6. The summed E-state index contributed by atoms with van der Waals surface area (Å²) in [4.78, 5) is 12.1. The molecule has 6 heteroatoms. The molecule has 0 aromatic carbocycles. The van der Waals surface area contributed by atoms with Crippen LogP contribution in [0.3, 0.4) is 0 Å². The van der Waals surface area contributed by atoms with Gasteiger partial charge in [-0.05, 0) is 19.8 Å². The molecule has 1 aliphatic heterocycles. The molecular formula is C20H32N6. The van der Waals surface area contributed by atoms with Gasteiger partial charge in [0.1, 0.15) is 23.8 Å². The van der Waals surface area contributed by atoms with Crippen molar-refractivity contribution in [1.82, 2.24) is 24.7 Å². The summed E-state index contributed by atoms with van der Waals surface area (Å²) < 4.78 is 2.16. The van der Waals surface area contributed by atoms with Gasteiger partial charge in [0.2, 0.25) is 0 Å². The lowest BCUT2D eigenvalue weighted by molar-refractivity contribution is 0.469. The molecule has 1 saturated heterocycles. The predicted octanol–water partition coefficient (Wildman–Crippen LogP) is 3.89. The van der Waals surface area contributed by atoms with E-state index in [1.807, 2.05) is 6.33 Å². The zero-order valence-electron chi connectivity index (χ0n) is 17.0. The first-order valence-electron chi connectivity index (χ1n) is 9.81. The Balaban J connectivity index is 1.91. The maximum absolute atomic E-state index is 4.90. The monoisotopic (exact) mass is 356 g/mol. The highest BCUT2D eigenvalue weighted by molar-refractivity contribution is 5.43. The van der Waals surface area contributed by atoms with Crippen LogP contribution in [0.15, 0.2) is 12.4 Å². The Morgan fingerprint density at radius 1 is 1.23 bits per heavy atom. The minimum atomic E-state index is 0.0128. The molecule has 3 rings (SSSR count). The van der Waals surface area contributed by atoms with Crippen molar-refractivity contribution in [3.63, 3.8) is 0 Å². The van der Waals surface area contributed by atoms with Crippen molar-refractivity contribution in [3.05, 3.63) is 29.7 Å². The van der Waals surface area contributed by atoms with E-state index in [4.69, 9.17) is 9.97 Å². The van der Waals surface area contributed by atoms with E-state index in [9.17, 15) is 0 Å². The van der Waals surface area contributed by atoms with Crippen LogP contribution in [0.4, 0.5) is 5.82 Å². The van der Waals surface area contributed by atoms with Gasteiger partial charge in [0.15, 0.2) is 0 Å². The molecule has 0 aliphatic carbocycles. The van der Waals surface area contributed by atoms with Gasteiger partial charge < -0.3 is 9.47 Å². The molecule has 0 radical (unpaired) electrons.